The summed E-state index contributed by atoms with van der Waals surface area (Å²) in [4.78, 5) is 11.6. The van der Waals surface area contributed by atoms with Crippen LogP contribution in [0.1, 0.15) is 47.0 Å². The first-order valence-electron chi connectivity index (χ1n) is 5.33. The molecule has 0 rings (SSSR count). The van der Waals surface area contributed by atoms with Crippen molar-refractivity contribution in [2.24, 2.45) is 11.7 Å². The van der Waals surface area contributed by atoms with Gasteiger partial charge in [0, 0.05) is 6.54 Å². The summed E-state index contributed by atoms with van der Waals surface area (Å²) < 4.78 is 5.27. The van der Waals surface area contributed by atoms with E-state index in [0.29, 0.717) is 6.54 Å². The second-order valence-electron chi connectivity index (χ2n) is 4.61. The maximum Gasteiger partial charge on any atom is 0.310 e. The number of nitrogens with two attached hydrogens (primary N) is 1. The van der Waals surface area contributed by atoms with Crippen molar-refractivity contribution in [3.63, 3.8) is 0 Å². The lowest BCUT2D eigenvalue weighted by atomic mass is 10.0. The lowest BCUT2D eigenvalue weighted by molar-refractivity contribution is -0.159. The Labute approximate surface area is 87.0 Å². The lowest BCUT2D eigenvalue weighted by Gasteiger charge is -2.23. The Morgan fingerprint density at radius 1 is 1.43 bits per heavy atom. The van der Waals surface area contributed by atoms with Crippen LogP contribution < -0.4 is 5.73 Å². The molecule has 0 aliphatic rings. The third-order valence-electron chi connectivity index (χ3n) is 1.93. The first-order valence-corrected chi connectivity index (χ1v) is 5.33. The Morgan fingerprint density at radius 2 is 2.00 bits per heavy atom. The molecule has 0 saturated heterocycles. The Bertz CT molecular complexity index is 173. The summed E-state index contributed by atoms with van der Waals surface area (Å²) >= 11 is 0. The molecular formula is C11H23NO2. The van der Waals surface area contributed by atoms with E-state index in [1.807, 2.05) is 20.8 Å². The molecule has 0 spiro atoms. The van der Waals surface area contributed by atoms with E-state index in [1.54, 1.807) is 0 Å². The molecule has 0 aromatic heterocycles. The number of unbranched alkanes of at least 4 members (excludes halogenated alkanes) is 1. The van der Waals surface area contributed by atoms with Crippen LogP contribution in [0.4, 0.5) is 0 Å². The number of hydrogen-bond acceptors (Lipinski definition) is 3. The Balaban J connectivity index is 4.04. The van der Waals surface area contributed by atoms with Crippen LogP contribution in [0.3, 0.4) is 0 Å². The SMILES string of the molecule is CCCCC(CN)C(=O)OC(C)(C)C. The number of carbonyl (C=O) groups is 1. The normalized spacial score (nSPS) is 13.8. The molecule has 0 aliphatic carbocycles. The maximum atomic E-state index is 11.6. The number of carbonyl (C=O) groups excluding carboxylic acids is 1. The van der Waals surface area contributed by atoms with Gasteiger partial charge in [0.2, 0.25) is 0 Å². The van der Waals surface area contributed by atoms with Crippen LogP contribution in [0.2, 0.25) is 0 Å². The fourth-order valence-corrected chi connectivity index (χ4v) is 1.17. The van der Waals surface area contributed by atoms with Gasteiger partial charge < -0.3 is 10.5 Å². The molecule has 3 heteroatoms. The highest BCUT2D eigenvalue weighted by Crippen LogP contribution is 2.14. The van der Waals surface area contributed by atoms with Crippen molar-refractivity contribution < 1.29 is 9.53 Å². The molecule has 0 radical (unpaired) electrons. The van der Waals surface area contributed by atoms with Crippen LogP contribution >= 0.6 is 0 Å². The van der Waals surface area contributed by atoms with E-state index >= 15 is 0 Å². The summed E-state index contributed by atoms with van der Waals surface area (Å²) in [5, 5.41) is 0. The average molecular weight is 201 g/mol. The predicted molar refractivity (Wildman–Crippen MR) is 57.9 cm³/mol. The topological polar surface area (TPSA) is 52.3 Å². The van der Waals surface area contributed by atoms with E-state index in [9.17, 15) is 4.79 Å². The van der Waals surface area contributed by atoms with Crippen molar-refractivity contribution in [2.75, 3.05) is 6.54 Å². The molecule has 1 atom stereocenters. The molecule has 0 saturated carbocycles. The van der Waals surface area contributed by atoms with Gasteiger partial charge in [-0.3, -0.25) is 4.79 Å². The second-order valence-corrected chi connectivity index (χ2v) is 4.61. The van der Waals surface area contributed by atoms with Crippen molar-refractivity contribution >= 4 is 5.97 Å². The second kappa shape index (κ2) is 6.02. The molecule has 2 N–H and O–H groups in total. The Kier molecular flexibility index (Phi) is 5.77. The van der Waals surface area contributed by atoms with E-state index in [0.717, 1.165) is 19.3 Å². The fourth-order valence-electron chi connectivity index (χ4n) is 1.17. The summed E-state index contributed by atoms with van der Waals surface area (Å²) in [6.45, 7) is 8.10. The molecule has 0 aromatic rings. The summed E-state index contributed by atoms with van der Waals surface area (Å²) in [7, 11) is 0. The van der Waals surface area contributed by atoms with Gasteiger partial charge in [0.25, 0.3) is 0 Å². The molecule has 14 heavy (non-hydrogen) atoms. The van der Waals surface area contributed by atoms with Crippen LogP contribution in [0, 0.1) is 5.92 Å². The first-order chi connectivity index (χ1) is 6.40. The quantitative estimate of drug-likeness (QED) is 0.693. The van der Waals surface area contributed by atoms with Crippen molar-refractivity contribution in [1.82, 2.24) is 0 Å². The van der Waals surface area contributed by atoms with Crippen molar-refractivity contribution in [3.05, 3.63) is 0 Å². The zero-order valence-electron chi connectivity index (χ0n) is 9.80. The highest BCUT2D eigenvalue weighted by atomic mass is 16.6. The molecule has 1 unspecified atom stereocenters. The molecule has 0 heterocycles. The minimum atomic E-state index is -0.406. The van der Waals surface area contributed by atoms with E-state index in [1.165, 1.54) is 0 Å². The Morgan fingerprint density at radius 3 is 2.36 bits per heavy atom. The minimum Gasteiger partial charge on any atom is -0.460 e. The average Bonchev–Trinajstić information content (AvgIpc) is 2.02. The van der Waals surface area contributed by atoms with Gasteiger partial charge in [-0.2, -0.15) is 0 Å². The number of rotatable bonds is 5. The van der Waals surface area contributed by atoms with Crippen molar-refractivity contribution in [3.8, 4) is 0 Å². The molecule has 0 aliphatic heterocycles. The van der Waals surface area contributed by atoms with Gasteiger partial charge in [0.15, 0.2) is 0 Å². The van der Waals surface area contributed by atoms with Crippen LogP contribution in [-0.4, -0.2) is 18.1 Å². The van der Waals surface area contributed by atoms with E-state index in [2.05, 4.69) is 6.92 Å². The summed E-state index contributed by atoms with van der Waals surface area (Å²) in [5.41, 5.74) is 5.13. The standard InChI is InChI=1S/C11H23NO2/c1-5-6-7-9(8-12)10(13)14-11(2,3)4/h9H,5-8,12H2,1-4H3. The van der Waals surface area contributed by atoms with Gasteiger partial charge >= 0.3 is 5.97 Å². The van der Waals surface area contributed by atoms with Gasteiger partial charge in [0.05, 0.1) is 5.92 Å². The highest BCUT2D eigenvalue weighted by molar-refractivity contribution is 5.73. The first kappa shape index (κ1) is 13.4. The highest BCUT2D eigenvalue weighted by Gasteiger charge is 2.23. The van der Waals surface area contributed by atoms with E-state index in [4.69, 9.17) is 10.5 Å². The Hall–Kier alpha value is -0.570. The van der Waals surface area contributed by atoms with E-state index in [-0.39, 0.29) is 11.9 Å². The lowest BCUT2D eigenvalue weighted by Crippen LogP contribution is -2.32. The number of esters is 1. The number of hydrogen-bond donors (Lipinski definition) is 1. The van der Waals surface area contributed by atoms with Gasteiger partial charge in [-0.25, -0.2) is 0 Å². The van der Waals surface area contributed by atoms with Crippen molar-refractivity contribution in [2.45, 2.75) is 52.6 Å². The monoisotopic (exact) mass is 201 g/mol. The molecular weight excluding hydrogens is 178 g/mol. The van der Waals surface area contributed by atoms with Crippen LogP contribution in [0.5, 0.6) is 0 Å². The zero-order chi connectivity index (χ0) is 11.2. The summed E-state index contributed by atoms with van der Waals surface area (Å²) in [5.74, 6) is -0.289. The molecule has 0 amide bonds. The van der Waals surface area contributed by atoms with Gasteiger partial charge in [0.1, 0.15) is 5.60 Å². The molecule has 0 fully saturated rings. The van der Waals surface area contributed by atoms with Gasteiger partial charge in [-0.05, 0) is 27.2 Å². The van der Waals surface area contributed by atoms with Gasteiger partial charge in [-0.1, -0.05) is 19.8 Å². The molecule has 3 nitrogen and oxygen atoms in total. The summed E-state index contributed by atoms with van der Waals surface area (Å²) in [6.07, 6.45) is 2.95. The smallest absolute Gasteiger partial charge is 0.310 e. The third kappa shape index (κ3) is 5.97. The molecule has 0 aromatic carbocycles. The predicted octanol–water partition coefficient (Wildman–Crippen LogP) is 2.09. The fraction of sp³-hybridized carbons (Fsp3) is 0.909. The van der Waals surface area contributed by atoms with Crippen LogP contribution in [-0.2, 0) is 9.53 Å². The van der Waals surface area contributed by atoms with Crippen LogP contribution in [0.25, 0.3) is 0 Å². The molecule has 0 bridgehead atoms. The largest absolute Gasteiger partial charge is 0.460 e. The number of ether oxygens (including phenoxy) is 1. The zero-order valence-corrected chi connectivity index (χ0v) is 9.80. The third-order valence-corrected chi connectivity index (χ3v) is 1.93. The minimum absolute atomic E-state index is 0.130. The van der Waals surface area contributed by atoms with Gasteiger partial charge in [-0.15, -0.1) is 0 Å². The van der Waals surface area contributed by atoms with Crippen LogP contribution in [0.15, 0.2) is 0 Å². The maximum absolute atomic E-state index is 11.6. The molecule has 84 valence electrons. The van der Waals surface area contributed by atoms with E-state index < -0.39 is 5.60 Å². The van der Waals surface area contributed by atoms with Crippen molar-refractivity contribution in [1.29, 1.82) is 0 Å². The summed E-state index contributed by atoms with van der Waals surface area (Å²) in [6, 6.07) is 0.